The van der Waals surface area contributed by atoms with Gasteiger partial charge in [-0.05, 0) is 25.7 Å². The molecule has 1 N–H and O–H groups in total. The van der Waals surface area contributed by atoms with Gasteiger partial charge in [0.1, 0.15) is 5.75 Å². The average Bonchev–Trinajstić information content (AvgIpc) is 2.44. The van der Waals surface area contributed by atoms with E-state index in [9.17, 15) is 5.11 Å². The zero-order chi connectivity index (χ0) is 13.7. The molecule has 1 aliphatic rings. The minimum absolute atomic E-state index is 0.362. The highest BCUT2D eigenvalue weighted by Crippen LogP contribution is 2.22. The van der Waals surface area contributed by atoms with E-state index in [2.05, 4.69) is 19.1 Å². The topological polar surface area (TPSA) is 20.2 Å². The fourth-order valence-corrected chi connectivity index (χ4v) is 4.10. The van der Waals surface area contributed by atoms with Crippen LogP contribution in [0.4, 0.5) is 0 Å². The van der Waals surface area contributed by atoms with Crippen molar-refractivity contribution in [3.8, 4) is 5.75 Å². The highest BCUT2D eigenvalue weighted by Gasteiger charge is 2.08. The first-order valence-corrected chi connectivity index (χ1v) is 8.52. The molecular weight excluding hydrogens is 272 g/mol. The SMILES string of the molecule is CCCCCCCc1sc2c(c(=S)c1O)=CCCC=2. The fourth-order valence-electron chi connectivity index (χ4n) is 2.45. The monoisotopic (exact) mass is 294 g/mol. The van der Waals surface area contributed by atoms with E-state index in [0.717, 1.165) is 35.8 Å². The van der Waals surface area contributed by atoms with Gasteiger partial charge in [-0.3, -0.25) is 0 Å². The number of aryl methyl sites for hydroxylation is 1. The second-order valence-corrected chi connectivity index (χ2v) is 6.68. The molecule has 1 aromatic heterocycles. The van der Waals surface area contributed by atoms with Crippen molar-refractivity contribution in [3.05, 3.63) is 19.1 Å². The van der Waals surface area contributed by atoms with Gasteiger partial charge in [-0.2, -0.15) is 0 Å². The summed E-state index contributed by atoms with van der Waals surface area (Å²) >= 11 is 7.12. The molecule has 0 aromatic carbocycles. The van der Waals surface area contributed by atoms with E-state index < -0.39 is 0 Å². The van der Waals surface area contributed by atoms with Crippen molar-refractivity contribution >= 4 is 35.7 Å². The van der Waals surface area contributed by atoms with E-state index in [4.69, 9.17) is 12.2 Å². The molecule has 104 valence electrons. The lowest BCUT2D eigenvalue weighted by atomic mass is 10.1. The molecule has 0 saturated carbocycles. The van der Waals surface area contributed by atoms with Gasteiger partial charge in [0.05, 0.1) is 4.51 Å². The van der Waals surface area contributed by atoms with Crippen LogP contribution in [-0.2, 0) is 6.42 Å². The second-order valence-electron chi connectivity index (χ2n) is 5.13. The van der Waals surface area contributed by atoms with Gasteiger partial charge in [0, 0.05) is 14.6 Å². The van der Waals surface area contributed by atoms with Crippen LogP contribution in [0.5, 0.6) is 5.75 Å². The van der Waals surface area contributed by atoms with E-state index in [0.29, 0.717) is 10.3 Å². The summed E-state index contributed by atoms with van der Waals surface area (Å²) in [5.74, 6) is 0.362. The number of aromatic hydroxyl groups is 1. The molecule has 1 nitrogen and oxygen atoms in total. The van der Waals surface area contributed by atoms with Gasteiger partial charge < -0.3 is 5.11 Å². The average molecular weight is 294 g/mol. The first-order chi connectivity index (χ1) is 9.24. The van der Waals surface area contributed by atoms with Crippen molar-refractivity contribution in [1.82, 2.24) is 0 Å². The van der Waals surface area contributed by atoms with Crippen molar-refractivity contribution in [2.24, 2.45) is 0 Å². The lowest BCUT2D eigenvalue weighted by Gasteiger charge is -2.07. The predicted molar refractivity (Wildman–Crippen MR) is 86.7 cm³/mol. The van der Waals surface area contributed by atoms with Crippen LogP contribution in [0.2, 0.25) is 0 Å². The third kappa shape index (κ3) is 3.67. The normalized spacial score (nSPS) is 13.5. The van der Waals surface area contributed by atoms with Gasteiger partial charge in [0.25, 0.3) is 0 Å². The van der Waals surface area contributed by atoms with Crippen LogP contribution in [-0.4, -0.2) is 5.11 Å². The van der Waals surface area contributed by atoms with Crippen molar-refractivity contribution in [2.75, 3.05) is 0 Å². The summed E-state index contributed by atoms with van der Waals surface area (Å²) in [6.07, 6.45) is 13.8. The zero-order valence-electron chi connectivity index (χ0n) is 11.6. The standard InChI is InChI=1S/C16H22OS2/c1-2-3-4-5-6-11-14-15(17)16(18)12-9-7-8-10-13(12)19-14/h9-10,17H,2-8,11H2,1H3. The van der Waals surface area contributed by atoms with Crippen LogP contribution in [0.15, 0.2) is 0 Å². The molecule has 2 rings (SSSR count). The summed E-state index contributed by atoms with van der Waals surface area (Å²) in [4.78, 5) is 1.08. The minimum Gasteiger partial charge on any atom is -0.505 e. The molecule has 0 radical (unpaired) electrons. The predicted octanol–water partition coefficient (Wildman–Crippen LogP) is 4.05. The number of hydrogen-bond acceptors (Lipinski definition) is 3. The highest BCUT2D eigenvalue weighted by atomic mass is 32.1. The molecule has 0 amide bonds. The molecule has 1 heterocycles. The smallest absolute Gasteiger partial charge is 0.147 e. The fraction of sp³-hybridized carbons (Fsp3) is 0.562. The largest absolute Gasteiger partial charge is 0.505 e. The van der Waals surface area contributed by atoms with Crippen LogP contribution < -0.4 is 9.75 Å². The summed E-state index contributed by atoms with van der Waals surface area (Å²) in [5.41, 5.74) is 0. The molecule has 3 heteroatoms. The Hall–Kier alpha value is -0.670. The minimum atomic E-state index is 0.362. The number of unbranched alkanes of at least 4 members (excludes halogenated alkanes) is 4. The van der Waals surface area contributed by atoms with Gasteiger partial charge in [0.2, 0.25) is 0 Å². The summed E-state index contributed by atoms with van der Waals surface area (Å²) in [6, 6.07) is 0. The molecule has 0 fully saturated rings. The molecular formula is C16H22OS2. The molecule has 19 heavy (non-hydrogen) atoms. The van der Waals surface area contributed by atoms with E-state index in [1.807, 2.05) is 0 Å². The quantitative estimate of drug-likeness (QED) is 0.631. The van der Waals surface area contributed by atoms with E-state index >= 15 is 0 Å². The molecule has 0 atom stereocenters. The summed E-state index contributed by atoms with van der Waals surface area (Å²) in [7, 11) is 0. The van der Waals surface area contributed by atoms with Crippen molar-refractivity contribution in [1.29, 1.82) is 0 Å². The summed E-state index contributed by atoms with van der Waals surface area (Å²) < 4.78 is 1.92. The number of rotatable bonds is 6. The Balaban J connectivity index is 2.14. The Kier molecular flexibility index (Phi) is 5.59. The highest BCUT2D eigenvalue weighted by molar-refractivity contribution is 7.71. The van der Waals surface area contributed by atoms with E-state index in [-0.39, 0.29) is 0 Å². The first kappa shape index (κ1) is 14.7. The van der Waals surface area contributed by atoms with Crippen LogP contribution in [0, 0.1) is 4.51 Å². The maximum absolute atomic E-state index is 10.2. The molecule has 0 bridgehead atoms. The Bertz CT molecular complexity index is 598. The Morgan fingerprint density at radius 1 is 1.16 bits per heavy atom. The van der Waals surface area contributed by atoms with Crippen molar-refractivity contribution in [2.45, 2.75) is 58.3 Å². The van der Waals surface area contributed by atoms with Crippen LogP contribution in [0.1, 0.15) is 56.7 Å². The first-order valence-electron chi connectivity index (χ1n) is 7.29. The van der Waals surface area contributed by atoms with Gasteiger partial charge in [0.15, 0.2) is 0 Å². The Morgan fingerprint density at radius 2 is 1.89 bits per heavy atom. The van der Waals surface area contributed by atoms with Gasteiger partial charge in [-0.15, -0.1) is 11.3 Å². The molecule has 0 saturated heterocycles. The van der Waals surface area contributed by atoms with Crippen LogP contribution in [0.25, 0.3) is 12.2 Å². The number of fused-ring (bicyclic) bond motifs is 1. The van der Waals surface area contributed by atoms with Crippen LogP contribution >= 0.6 is 23.6 Å². The lowest BCUT2D eigenvalue weighted by Crippen LogP contribution is -2.26. The van der Waals surface area contributed by atoms with Crippen molar-refractivity contribution in [3.63, 3.8) is 0 Å². The van der Waals surface area contributed by atoms with E-state index in [1.165, 1.54) is 30.2 Å². The van der Waals surface area contributed by atoms with Gasteiger partial charge >= 0.3 is 0 Å². The molecule has 0 unspecified atom stereocenters. The second kappa shape index (κ2) is 7.20. The maximum atomic E-state index is 10.2. The lowest BCUT2D eigenvalue weighted by molar-refractivity contribution is 0.466. The third-order valence-corrected chi connectivity index (χ3v) is 5.24. The molecule has 1 aliphatic carbocycles. The number of hydrogen-bond donors (Lipinski definition) is 1. The Morgan fingerprint density at radius 3 is 2.68 bits per heavy atom. The van der Waals surface area contributed by atoms with Gasteiger partial charge in [-0.25, -0.2) is 0 Å². The zero-order valence-corrected chi connectivity index (χ0v) is 13.2. The molecule has 1 aromatic rings. The molecule has 0 aliphatic heterocycles. The van der Waals surface area contributed by atoms with Gasteiger partial charge in [-0.1, -0.05) is 57.0 Å². The van der Waals surface area contributed by atoms with E-state index in [1.54, 1.807) is 11.3 Å². The summed E-state index contributed by atoms with van der Waals surface area (Å²) in [5, 5.41) is 11.3. The summed E-state index contributed by atoms with van der Waals surface area (Å²) in [6.45, 7) is 2.23. The molecule has 0 spiro atoms. The maximum Gasteiger partial charge on any atom is 0.147 e. The Labute approximate surface area is 124 Å². The third-order valence-electron chi connectivity index (χ3n) is 3.57. The van der Waals surface area contributed by atoms with Crippen molar-refractivity contribution < 1.29 is 5.11 Å². The van der Waals surface area contributed by atoms with Crippen LogP contribution in [0.3, 0.4) is 0 Å².